The van der Waals surface area contributed by atoms with Crippen LogP contribution in [-0.4, -0.2) is 0 Å². The van der Waals surface area contributed by atoms with E-state index in [2.05, 4.69) is 215 Å². The van der Waals surface area contributed by atoms with Crippen LogP contribution < -0.4 is 4.90 Å². The monoisotopic (exact) mass is 659 g/mol. The lowest BCUT2D eigenvalue weighted by molar-refractivity contribution is 0.887. The van der Waals surface area contributed by atoms with Crippen molar-refractivity contribution in [2.45, 2.75) is 34.6 Å². The zero-order chi connectivity index (χ0) is 35.3. The third-order valence-corrected chi connectivity index (χ3v) is 9.87. The van der Waals surface area contributed by atoms with Crippen LogP contribution in [0.3, 0.4) is 0 Å². The maximum Gasteiger partial charge on any atom is 0.0464 e. The number of aryl methyl sites for hydroxylation is 2. The molecule has 1 unspecified atom stereocenters. The lowest BCUT2D eigenvalue weighted by atomic mass is 9.86. The third-order valence-electron chi connectivity index (χ3n) is 9.87. The number of allylic oxidation sites excluding steroid dienone is 5. The van der Waals surface area contributed by atoms with Gasteiger partial charge in [0.15, 0.2) is 0 Å². The standard InChI is InChI=1S/C50H45N/c1-6-14-37(5)39(7-2)26-23-38-24-27-40(28-25-38)49-45-19-8-10-21-47(45)50(48-22-11-9-20-46(48)49)41-29-31-42(32-30-41)51(43-17-12-15-35(3)33-43)44-18-13-16-36(4)34-44/h6-34,37H,1-5H3. The fraction of sp³-hybridized carbons (Fsp3) is 0.120. The van der Waals surface area contributed by atoms with Crippen LogP contribution in [0.2, 0.25) is 0 Å². The van der Waals surface area contributed by atoms with Crippen molar-refractivity contribution in [2.75, 3.05) is 4.90 Å². The average molecular weight is 660 g/mol. The molecule has 0 aromatic heterocycles. The van der Waals surface area contributed by atoms with Gasteiger partial charge in [0, 0.05) is 17.1 Å². The van der Waals surface area contributed by atoms with Gasteiger partial charge < -0.3 is 4.90 Å². The first-order valence-corrected chi connectivity index (χ1v) is 18.0. The lowest BCUT2D eigenvalue weighted by Gasteiger charge is -2.26. The summed E-state index contributed by atoms with van der Waals surface area (Å²) in [5.74, 6) is 0.392. The molecule has 0 saturated carbocycles. The molecule has 1 heteroatoms. The smallest absolute Gasteiger partial charge is 0.0464 e. The fourth-order valence-corrected chi connectivity index (χ4v) is 7.37. The van der Waals surface area contributed by atoms with Crippen molar-refractivity contribution in [2.24, 2.45) is 5.92 Å². The van der Waals surface area contributed by atoms with E-state index in [1.165, 1.54) is 66.1 Å². The first kappa shape index (κ1) is 33.6. The van der Waals surface area contributed by atoms with Crippen molar-refractivity contribution < 1.29 is 0 Å². The fourth-order valence-electron chi connectivity index (χ4n) is 7.37. The Labute approximate surface area is 303 Å². The van der Waals surface area contributed by atoms with E-state index in [1.807, 2.05) is 0 Å². The Bertz CT molecular complexity index is 2300. The highest BCUT2D eigenvalue weighted by atomic mass is 15.1. The predicted octanol–water partition coefficient (Wildman–Crippen LogP) is 14.6. The van der Waals surface area contributed by atoms with Crippen LogP contribution in [0.5, 0.6) is 0 Å². The molecule has 0 aliphatic heterocycles. The lowest BCUT2D eigenvalue weighted by Crippen LogP contribution is -2.10. The van der Waals surface area contributed by atoms with E-state index >= 15 is 0 Å². The summed E-state index contributed by atoms with van der Waals surface area (Å²) in [5.41, 5.74) is 13.4. The van der Waals surface area contributed by atoms with Crippen LogP contribution in [0.1, 0.15) is 37.5 Å². The number of benzene rings is 7. The SMILES string of the molecule is CC=CC(C)C(C=Cc1ccc(-c2c3ccccc3c(-c3ccc(N(c4cccc(C)c4)c4cccc(C)c4)cc3)c3ccccc23)cc1)=CC. The van der Waals surface area contributed by atoms with Gasteiger partial charge in [0.05, 0.1) is 0 Å². The maximum atomic E-state index is 2.35. The molecule has 0 amide bonds. The molecule has 0 spiro atoms. The highest BCUT2D eigenvalue weighted by molar-refractivity contribution is 6.21. The highest BCUT2D eigenvalue weighted by Crippen LogP contribution is 2.44. The van der Waals surface area contributed by atoms with Crippen LogP contribution in [0.4, 0.5) is 17.1 Å². The Kier molecular flexibility index (Phi) is 9.81. The number of anilines is 3. The number of fused-ring (bicyclic) bond motifs is 2. The highest BCUT2D eigenvalue weighted by Gasteiger charge is 2.18. The van der Waals surface area contributed by atoms with E-state index in [-0.39, 0.29) is 0 Å². The topological polar surface area (TPSA) is 3.24 Å². The van der Waals surface area contributed by atoms with Crippen molar-refractivity contribution in [3.05, 3.63) is 192 Å². The summed E-state index contributed by atoms with van der Waals surface area (Å²) in [6.07, 6.45) is 11.0. The minimum absolute atomic E-state index is 0.392. The van der Waals surface area contributed by atoms with Crippen LogP contribution >= 0.6 is 0 Å². The van der Waals surface area contributed by atoms with Crippen molar-refractivity contribution in [3.8, 4) is 22.3 Å². The van der Waals surface area contributed by atoms with Gasteiger partial charge in [-0.25, -0.2) is 0 Å². The summed E-state index contributed by atoms with van der Waals surface area (Å²) in [6.45, 7) is 10.7. The zero-order valence-electron chi connectivity index (χ0n) is 30.3. The molecule has 0 heterocycles. The zero-order valence-corrected chi connectivity index (χ0v) is 30.3. The maximum absolute atomic E-state index is 2.35. The summed E-state index contributed by atoms with van der Waals surface area (Å²) in [7, 11) is 0. The van der Waals surface area contributed by atoms with Gasteiger partial charge in [-0.15, -0.1) is 0 Å². The Morgan fingerprint density at radius 1 is 0.529 bits per heavy atom. The minimum Gasteiger partial charge on any atom is -0.310 e. The van der Waals surface area contributed by atoms with Gasteiger partial charge in [0.25, 0.3) is 0 Å². The van der Waals surface area contributed by atoms with E-state index in [4.69, 9.17) is 0 Å². The van der Waals surface area contributed by atoms with Gasteiger partial charge in [0.2, 0.25) is 0 Å². The van der Waals surface area contributed by atoms with Gasteiger partial charge in [0.1, 0.15) is 0 Å². The van der Waals surface area contributed by atoms with Crippen LogP contribution in [-0.2, 0) is 0 Å². The van der Waals surface area contributed by atoms with Crippen molar-refractivity contribution in [3.63, 3.8) is 0 Å². The van der Waals surface area contributed by atoms with E-state index < -0.39 is 0 Å². The van der Waals surface area contributed by atoms with Gasteiger partial charge in [-0.2, -0.15) is 0 Å². The molecule has 51 heavy (non-hydrogen) atoms. The Morgan fingerprint density at radius 2 is 1.00 bits per heavy atom. The first-order valence-electron chi connectivity index (χ1n) is 18.0. The van der Waals surface area contributed by atoms with Gasteiger partial charge >= 0.3 is 0 Å². The molecule has 0 N–H and O–H groups in total. The van der Waals surface area contributed by atoms with Gasteiger partial charge in [-0.3, -0.25) is 0 Å². The van der Waals surface area contributed by atoms with E-state index in [0.29, 0.717) is 5.92 Å². The van der Waals surface area contributed by atoms with Crippen LogP contribution in [0.25, 0.3) is 49.9 Å². The van der Waals surface area contributed by atoms with Crippen LogP contribution in [0, 0.1) is 19.8 Å². The molecule has 1 nitrogen and oxygen atoms in total. The molecule has 0 radical (unpaired) electrons. The number of hydrogen-bond donors (Lipinski definition) is 0. The van der Waals surface area contributed by atoms with E-state index in [1.54, 1.807) is 0 Å². The second kappa shape index (κ2) is 14.9. The number of hydrogen-bond acceptors (Lipinski definition) is 1. The summed E-state index contributed by atoms with van der Waals surface area (Å²) >= 11 is 0. The van der Waals surface area contributed by atoms with E-state index in [0.717, 1.165) is 17.1 Å². The molecule has 7 aromatic rings. The second-order valence-corrected chi connectivity index (χ2v) is 13.5. The Hall–Kier alpha value is -5.92. The number of nitrogens with zero attached hydrogens (tertiary/aromatic N) is 1. The summed E-state index contributed by atoms with van der Waals surface area (Å²) in [4.78, 5) is 2.35. The summed E-state index contributed by atoms with van der Waals surface area (Å²) in [6, 6.07) is 53.4. The molecule has 0 bridgehead atoms. The molecule has 7 rings (SSSR count). The van der Waals surface area contributed by atoms with Crippen LogP contribution in [0.15, 0.2) is 175 Å². The molecule has 0 saturated heterocycles. The molecule has 0 fully saturated rings. The van der Waals surface area contributed by atoms with Crippen molar-refractivity contribution in [1.29, 1.82) is 0 Å². The van der Waals surface area contributed by atoms with E-state index in [9.17, 15) is 0 Å². The second-order valence-electron chi connectivity index (χ2n) is 13.5. The van der Waals surface area contributed by atoms with Crippen molar-refractivity contribution >= 4 is 44.7 Å². The normalized spacial score (nSPS) is 12.7. The molecule has 1 atom stereocenters. The largest absolute Gasteiger partial charge is 0.310 e. The Morgan fingerprint density at radius 3 is 1.43 bits per heavy atom. The number of rotatable bonds is 9. The Balaban J connectivity index is 1.32. The molecule has 250 valence electrons. The van der Waals surface area contributed by atoms with Crippen molar-refractivity contribution in [1.82, 2.24) is 0 Å². The predicted molar refractivity (Wildman–Crippen MR) is 223 cm³/mol. The van der Waals surface area contributed by atoms with Gasteiger partial charge in [-0.05, 0) is 136 Å². The van der Waals surface area contributed by atoms with Gasteiger partial charge in [-0.1, -0.05) is 146 Å². The molecule has 0 aliphatic rings. The molecular formula is C50H45N. The molecule has 0 aliphatic carbocycles. The molecule has 7 aromatic carbocycles. The third kappa shape index (κ3) is 6.94. The molecular weight excluding hydrogens is 615 g/mol. The summed E-state index contributed by atoms with van der Waals surface area (Å²) in [5, 5.41) is 5.04. The average Bonchev–Trinajstić information content (AvgIpc) is 3.15. The summed E-state index contributed by atoms with van der Waals surface area (Å²) < 4.78 is 0. The minimum atomic E-state index is 0.392. The first-order chi connectivity index (χ1) is 24.9. The quantitative estimate of drug-likeness (QED) is 0.0847.